The van der Waals surface area contributed by atoms with Crippen molar-refractivity contribution in [1.82, 2.24) is 25.2 Å². The Morgan fingerprint density at radius 3 is 2.43 bits per heavy atom. The number of ether oxygens (including phenoxy) is 4. The first-order valence-corrected chi connectivity index (χ1v) is 18.2. The van der Waals surface area contributed by atoms with Crippen molar-refractivity contribution in [3.8, 4) is 0 Å². The molecule has 296 valence electrons. The third-order valence-corrected chi connectivity index (χ3v) is 8.85. The monoisotopic (exact) mass is 756 g/mol. The molecule has 54 heavy (non-hydrogen) atoms. The molecule has 2 amide bonds. The minimum absolute atomic E-state index is 0.0503. The first kappa shape index (κ1) is 42.3. The van der Waals surface area contributed by atoms with Crippen LogP contribution in [0.4, 0.5) is 0 Å². The summed E-state index contributed by atoms with van der Waals surface area (Å²) in [6.07, 6.45) is 5.79. The Kier molecular flexibility index (Phi) is 17.2. The fraction of sp³-hybridized carbons (Fsp3) is 0.541. The Labute approximate surface area is 312 Å². The van der Waals surface area contributed by atoms with Gasteiger partial charge in [0.25, 0.3) is 5.56 Å². The first-order chi connectivity index (χ1) is 26.1. The number of nitrogens with zero attached hydrogens (tertiary/aromatic N) is 1. The lowest BCUT2D eigenvalue weighted by molar-refractivity contribution is -0.120. The molecule has 4 atom stereocenters. The number of nitrogens with one attached hydrogen (secondary N) is 4. The van der Waals surface area contributed by atoms with Crippen molar-refractivity contribution < 1.29 is 43.5 Å². The van der Waals surface area contributed by atoms with E-state index in [0.717, 1.165) is 39.4 Å². The van der Waals surface area contributed by atoms with Gasteiger partial charge in [-0.05, 0) is 49.8 Å². The normalized spacial score (nSPS) is 17.7. The summed E-state index contributed by atoms with van der Waals surface area (Å²) in [5, 5.41) is 25.8. The van der Waals surface area contributed by atoms with Crippen LogP contribution < -0.4 is 27.6 Å². The predicted molar refractivity (Wildman–Crippen MR) is 199 cm³/mol. The maximum absolute atomic E-state index is 12.5. The molecule has 0 aliphatic carbocycles. The zero-order chi connectivity index (χ0) is 38.9. The maximum atomic E-state index is 12.5. The van der Waals surface area contributed by atoms with Crippen LogP contribution in [0.25, 0.3) is 17.0 Å². The number of hydrogen-bond donors (Lipinski definition) is 7. The molecule has 3 heterocycles. The second-order valence-corrected chi connectivity index (χ2v) is 13.0. The van der Waals surface area contributed by atoms with Gasteiger partial charge in [-0.15, -0.1) is 0 Å². The molecule has 1 aliphatic heterocycles. The first-order valence-electron chi connectivity index (χ1n) is 18.2. The molecule has 1 aliphatic rings. The number of hydrogen-bond acceptors (Lipinski definition) is 12. The Bertz CT molecular complexity index is 1820. The average molecular weight is 757 g/mol. The van der Waals surface area contributed by atoms with E-state index in [9.17, 15) is 34.2 Å². The van der Waals surface area contributed by atoms with Crippen LogP contribution in [-0.2, 0) is 46.2 Å². The lowest BCUT2D eigenvalue weighted by atomic mass is 10.0. The van der Waals surface area contributed by atoms with Gasteiger partial charge in [0.15, 0.2) is 0 Å². The van der Waals surface area contributed by atoms with E-state index in [0.29, 0.717) is 65.6 Å². The molecule has 4 rings (SSSR count). The van der Waals surface area contributed by atoms with Gasteiger partial charge in [-0.3, -0.25) is 28.7 Å². The van der Waals surface area contributed by atoms with E-state index in [2.05, 4.69) is 20.6 Å². The summed E-state index contributed by atoms with van der Waals surface area (Å²) in [5.74, 6) is -0.562. The number of benzene rings is 1. The van der Waals surface area contributed by atoms with Gasteiger partial charge in [-0.1, -0.05) is 18.2 Å². The SMILES string of the molecule is CC(=O)C(N)Cc1c[nH]c2c(CC(=O)NCCCCOCCOCCOCCCNC(=O)C=Cc3cn(C4CC(O)C(CO)O4)c(=O)[nH]c3=O)cccc12. The largest absolute Gasteiger partial charge is 0.394 e. The van der Waals surface area contributed by atoms with Crippen molar-refractivity contribution in [3.63, 3.8) is 0 Å². The number of aromatic nitrogens is 3. The number of H-pyrrole nitrogens is 2. The zero-order valence-corrected chi connectivity index (χ0v) is 30.6. The number of aliphatic hydroxyl groups excluding tert-OH is 2. The highest BCUT2D eigenvalue weighted by atomic mass is 16.5. The lowest BCUT2D eigenvalue weighted by Gasteiger charge is -2.14. The molecular formula is C37H52N6O11. The number of para-hydroxylation sites is 1. The molecule has 4 unspecified atom stereocenters. The molecule has 0 saturated carbocycles. The van der Waals surface area contributed by atoms with Crippen molar-refractivity contribution in [2.24, 2.45) is 5.73 Å². The number of aliphatic hydroxyl groups is 2. The summed E-state index contributed by atoms with van der Waals surface area (Å²) < 4.78 is 23.2. The zero-order valence-electron chi connectivity index (χ0n) is 30.6. The van der Waals surface area contributed by atoms with Crippen LogP contribution in [0, 0.1) is 0 Å². The lowest BCUT2D eigenvalue weighted by Crippen LogP contribution is -2.33. The minimum Gasteiger partial charge on any atom is -0.394 e. The summed E-state index contributed by atoms with van der Waals surface area (Å²) in [4.78, 5) is 66.1. The molecule has 3 aromatic rings. The van der Waals surface area contributed by atoms with Crippen molar-refractivity contribution in [1.29, 1.82) is 0 Å². The number of carbonyl (C=O) groups excluding carboxylic acids is 3. The standard InChI is InChI=1S/C37H52N6O11/c1-24(45)29(38)18-27-21-41-35-25(6-4-7-28(27)35)19-33(48)40-10-2-3-12-51-14-16-53-17-15-52-13-5-11-39-32(47)9-8-26-22-43(37(50)42-36(26)49)34-20-30(46)31(23-44)54-34/h4,6-9,21-22,29-31,34,41,44,46H,2-3,5,10-20,23,38H2,1H3,(H,39,47)(H,40,48)(H,42,49,50). The van der Waals surface area contributed by atoms with Crippen LogP contribution in [0.1, 0.15) is 55.5 Å². The quantitative estimate of drug-likeness (QED) is 0.0465. The van der Waals surface area contributed by atoms with Gasteiger partial charge in [0.1, 0.15) is 18.1 Å². The summed E-state index contributed by atoms with van der Waals surface area (Å²) >= 11 is 0. The van der Waals surface area contributed by atoms with Crippen molar-refractivity contribution >= 4 is 34.6 Å². The van der Waals surface area contributed by atoms with Crippen molar-refractivity contribution in [2.75, 3.05) is 59.3 Å². The van der Waals surface area contributed by atoms with E-state index < -0.39 is 48.2 Å². The number of unbranched alkanes of at least 4 members (excludes halogenated alkanes) is 1. The van der Waals surface area contributed by atoms with Gasteiger partial charge in [-0.2, -0.15) is 0 Å². The molecule has 8 N–H and O–H groups in total. The van der Waals surface area contributed by atoms with Gasteiger partial charge < -0.3 is 50.5 Å². The van der Waals surface area contributed by atoms with Crippen molar-refractivity contribution in [2.45, 2.75) is 69.9 Å². The molecule has 1 aromatic carbocycles. The molecule has 17 heteroatoms. The smallest absolute Gasteiger partial charge is 0.330 e. The van der Waals surface area contributed by atoms with Crippen LogP contribution >= 0.6 is 0 Å². The van der Waals surface area contributed by atoms with Crippen LogP contribution in [0.3, 0.4) is 0 Å². The summed E-state index contributed by atoms with van der Waals surface area (Å²) in [7, 11) is 0. The van der Waals surface area contributed by atoms with Crippen LogP contribution in [0.2, 0.25) is 0 Å². The number of ketones is 1. The second kappa shape index (κ2) is 22.0. The third-order valence-electron chi connectivity index (χ3n) is 8.85. The topological polar surface area (TPSA) is 249 Å². The number of Topliss-reactive ketones (excluding diaryl/α,β-unsaturated/α-hetero) is 1. The van der Waals surface area contributed by atoms with Gasteiger partial charge in [-0.25, -0.2) is 4.79 Å². The Hall–Kier alpha value is -4.49. The van der Waals surface area contributed by atoms with Crippen LogP contribution in [0.5, 0.6) is 0 Å². The van der Waals surface area contributed by atoms with Crippen molar-refractivity contribution in [3.05, 3.63) is 74.2 Å². The van der Waals surface area contributed by atoms with E-state index in [1.807, 2.05) is 24.4 Å². The average Bonchev–Trinajstić information content (AvgIpc) is 3.73. The Balaban J connectivity index is 0.966. The summed E-state index contributed by atoms with van der Waals surface area (Å²) in [5.41, 5.74) is 7.30. The van der Waals surface area contributed by atoms with E-state index in [1.165, 1.54) is 25.3 Å². The van der Waals surface area contributed by atoms with Gasteiger partial charge in [0.2, 0.25) is 11.8 Å². The van der Waals surface area contributed by atoms with E-state index in [4.69, 9.17) is 24.7 Å². The number of amides is 2. The van der Waals surface area contributed by atoms with E-state index in [-0.39, 0.29) is 30.1 Å². The number of fused-ring (bicyclic) bond motifs is 1. The molecule has 17 nitrogen and oxygen atoms in total. The molecule has 1 saturated heterocycles. The van der Waals surface area contributed by atoms with Crippen LogP contribution in [0.15, 0.2) is 46.3 Å². The predicted octanol–water partition coefficient (Wildman–Crippen LogP) is -0.174. The van der Waals surface area contributed by atoms with Gasteiger partial charge in [0.05, 0.1) is 57.2 Å². The Morgan fingerprint density at radius 1 is 1.02 bits per heavy atom. The van der Waals surface area contributed by atoms with Gasteiger partial charge >= 0.3 is 5.69 Å². The highest BCUT2D eigenvalue weighted by Gasteiger charge is 2.35. The Morgan fingerprint density at radius 2 is 1.72 bits per heavy atom. The fourth-order valence-corrected chi connectivity index (χ4v) is 5.80. The number of carbonyl (C=O) groups is 3. The van der Waals surface area contributed by atoms with Gasteiger partial charge in [0, 0.05) is 62.1 Å². The second-order valence-electron chi connectivity index (χ2n) is 13.0. The number of aromatic amines is 2. The van der Waals surface area contributed by atoms with E-state index >= 15 is 0 Å². The van der Waals surface area contributed by atoms with E-state index in [1.54, 1.807) is 0 Å². The molecule has 0 spiro atoms. The summed E-state index contributed by atoms with van der Waals surface area (Å²) in [6.45, 7) is 4.59. The molecule has 0 bridgehead atoms. The number of rotatable bonds is 24. The minimum atomic E-state index is -0.954. The molecule has 1 fully saturated rings. The molecule has 2 aromatic heterocycles. The summed E-state index contributed by atoms with van der Waals surface area (Å²) in [6, 6.07) is 5.23. The number of nitrogens with two attached hydrogens (primary N) is 1. The van der Waals surface area contributed by atoms with Crippen LogP contribution in [-0.4, -0.2) is 120 Å². The highest BCUT2D eigenvalue weighted by molar-refractivity contribution is 5.92. The molecule has 0 radical (unpaired) electrons. The fourth-order valence-electron chi connectivity index (χ4n) is 5.80. The highest BCUT2D eigenvalue weighted by Crippen LogP contribution is 2.27. The maximum Gasteiger partial charge on any atom is 0.330 e. The third kappa shape index (κ3) is 13.1. The molecular weight excluding hydrogens is 704 g/mol.